The summed E-state index contributed by atoms with van der Waals surface area (Å²) in [6.07, 6.45) is 3.48. The second kappa shape index (κ2) is 9.42. The maximum absolute atomic E-state index is 12.9. The van der Waals surface area contributed by atoms with Crippen molar-refractivity contribution in [2.45, 2.75) is 11.4 Å². The quantitative estimate of drug-likeness (QED) is 0.419. The van der Waals surface area contributed by atoms with Gasteiger partial charge in [-0.25, -0.2) is 4.57 Å². The minimum Gasteiger partial charge on any atom is -0.482 e. The van der Waals surface area contributed by atoms with E-state index < -0.39 is 10.2 Å². The Hall–Kier alpha value is -2.68. The fourth-order valence-electron chi connectivity index (χ4n) is 2.55. The third kappa shape index (κ3) is 6.16. The van der Waals surface area contributed by atoms with Crippen LogP contribution in [0.5, 0.6) is 5.75 Å². The average Bonchev–Trinajstić information content (AvgIpc) is 2.68. The smallest absolute Gasteiger partial charge is 0.332 e. The van der Waals surface area contributed by atoms with E-state index in [4.69, 9.17) is 27.9 Å². The minimum atomic E-state index is -4.71. The first-order valence-electron chi connectivity index (χ1n) is 8.61. The maximum atomic E-state index is 12.9. The maximum Gasteiger partial charge on any atom is 0.332 e. The first-order valence-corrected chi connectivity index (χ1v) is 10.7. The number of hydrogen-bond acceptors (Lipinski definition) is 4. The molecule has 1 aromatic heterocycles. The fourth-order valence-corrected chi connectivity index (χ4v) is 3.47. The van der Waals surface area contributed by atoms with Crippen LogP contribution in [0.4, 0.5) is 9.57 Å². The molecule has 1 N–H and O–H groups in total. The summed E-state index contributed by atoms with van der Waals surface area (Å²) in [6, 6.07) is 13.6. The summed E-state index contributed by atoms with van der Waals surface area (Å²) in [7, 11) is -4.71. The van der Waals surface area contributed by atoms with Crippen molar-refractivity contribution in [2.75, 3.05) is 11.9 Å². The van der Waals surface area contributed by atoms with Crippen LogP contribution in [0.3, 0.4) is 0 Å². The van der Waals surface area contributed by atoms with Crippen LogP contribution in [-0.4, -0.2) is 20.9 Å². The second-order valence-corrected chi connectivity index (χ2v) is 8.44. The number of ether oxygens (including phenoxy) is 1. The second-order valence-electron chi connectivity index (χ2n) is 6.25. The molecule has 0 saturated heterocycles. The summed E-state index contributed by atoms with van der Waals surface area (Å²) in [6.45, 7) is 0.221. The predicted molar refractivity (Wildman–Crippen MR) is 111 cm³/mol. The summed E-state index contributed by atoms with van der Waals surface area (Å²) in [5.41, 5.74) is 1.36. The molecular formula is C20H16Cl2FN2O4S+. The average molecular weight is 470 g/mol. The van der Waals surface area contributed by atoms with E-state index in [9.17, 15) is 17.1 Å². The molecule has 2 aromatic carbocycles. The van der Waals surface area contributed by atoms with E-state index in [0.717, 1.165) is 5.56 Å². The van der Waals surface area contributed by atoms with Gasteiger partial charge in [-0.3, -0.25) is 4.79 Å². The van der Waals surface area contributed by atoms with Crippen LogP contribution in [0.1, 0.15) is 5.56 Å². The van der Waals surface area contributed by atoms with Crippen molar-refractivity contribution in [3.8, 4) is 5.75 Å². The molecule has 0 aliphatic carbocycles. The Morgan fingerprint density at radius 3 is 2.30 bits per heavy atom. The standard InChI is InChI=1S/C20H15Cl2FN2O4S/c21-15-3-6-19(18(22)11-15)29-13-20(26)24-16-7-9-25(10-8-16)12-14-1-4-17(5-2-14)30(23,27)28/h1-11H,12-13H2/p+1. The van der Waals surface area contributed by atoms with Crippen molar-refractivity contribution in [2.24, 2.45) is 0 Å². The van der Waals surface area contributed by atoms with Crippen LogP contribution >= 0.6 is 23.2 Å². The Morgan fingerprint density at radius 2 is 1.70 bits per heavy atom. The Kier molecular flexibility index (Phi) is 6.91. The first kappa shape index (κ1) is 22.0. The van der Waals surface area contributed by atoms with E-state index in [1.807, 2.05) is 4.57 Å². The van der Waals surface area contributed by atoms with Crippen molar-refractivity contribution in [3.63, 3.8) is 0 Å². The summed E-state index contributed by atoms with van der Waals surface area (Å²) < 4.78 is 41.8. The third-order valence-electron chi connectivity index (χ3n) is 4.00. The molecule has 1 heterocycles. The Morgan fingerprint density at radius 1 is 1.03 bits per heavy atom. The number of hydrogen-bond donors (Lipinski definition) is 1. The van der Waals surface area contributed by atoms with Crippen molar-refractivity contribution >= 4 is 45.0 Å². The number of nitrogens with one attached hydrogen (secondary N) is 1. The first-order chi connectivity index (χ1) is 14.2. The van der Waals surface area contributed by atoms with Crippen LogP contribution in [0, 0.1) is 0 Å². The van der Waals surface area contributed by atoms with Crippen LogP contribution in [-0.2, 0) is 21.6 Å². The van der Waals surface area contributed by atoms with Gasteiger partial charge in [0.1, 0.15) is 5.75 Å². The van der Waals surface area contributed by atoms with E-state index in [0.29, 0.717) is 28.0 Å². The lowest BCUT2D eigenvalue weighted by molar-refractivity contribution is -0.688. The highest BCUT2D eigenvalue weighted by atomic mass is 35.5. The molecule has 30 heavy (non-hydrogen) atoms. The van der Waals surface area contributed by atoms with Crippen molar-refractivity contribution in [1.82, 2.24) is 0 Å². The molecule has 6 nitrogen and oxygen atoms in total. The van der Waals surface area contributed by atoms with Gasteiger partial charge < -0.3 is 10.1 Å². The molecule has 1 amide bonds. The molecule has 0 radical (unpaired) electrons. The molecule has 0 atom stereocenters. The fraction of sp³-hybridized carbons (Fsp3) is 0.100. The van der Waals surface area contributed by atoms with E-state index in [1.54, 1.807) is 36.7 Å². The highest BCUT2D eigenvalue weighted by molar-refractivity contribution is 7.86. The zero-order valence-corrected chi connectivity index (χ0v) is 17.7. The Labute approximate surface area is 183 Å². The lowest BCUT2D eigenvalue weighted by Crippen LogP contribution is -2.33. The number of rotatable bonds is 7. The number of nitrogens with zero attached hydrogens (tertiary/aromatic N) is 1. The van der Waals surface area contributed by atoms with Gasteiger partial charge in [-0.2, -0.15) is 8.42 Å². The van der Waals surface area contributed by atoms with Gasteiger partial charge in [0, 0.05) is 22.7 Å². The van der Waals surface area contributed by atoms with Gasteiger partial charge in [0.2, 0.25) is 0 Å². The number of halogens is 3. The van der Waals surface area contributed by atoms with E-state index in [2.05, 4.69) is 5.32 Å². The van der Waals surface area contributed by atoms with Crippen molar-refractivity contribution in [3.05, 3.63) is 82.6 Å². The van der Waals surface area contributed by atoms with Gasteiger partial charge in [0.25, 0.3) is 5.91 Å². The molecule has 3 rings (SSSR count). The molecule has 0 saturated carbocycles. The normalized spacial score (nSPS) is 11.2. The monoisotopic (exact) mass is 469 g/mol. The van der Waals surface area contributed by atoms with Gasteiger partial charge in [-0.05, 0) is 30.3 Å². The van der Waals surface area contributed by atoms with Crippen LogP contribution in [0.25, 0.3) is 0 Å². The van der Waals surface area contributed by atoms with E-state index >= 15 is 0 Å². The highest BCUT2D eigenvalue weighted by Gasteiger charge is 2.12. The number of anilines is 1. The molecule has 0 spiro atoms. The van der Waals surface area contributed by atoms with Gasteiger partial charge in [-0.1, -0.05) is 35.3 Å². The molecule has 0 fully saturated rings. The predicted octanol–water partition coefficient (Wildman–Crippen LogP) is 4.00. The lowest BCUT2D eigenvalue weighted by Gasteiger charge is -2.08. The number of aromatic nitrogens is 1. The molecule has 0 bridgehead atoms. The SMILES string of the molecule is O=C(COc1ccc(Cl)cc1Cl)Nc1cc[n+](Cc2ccc(S(=O)(=O)F)cc2)cc1. The molecule has 0 unspecified atom stereocenters. The van der Waals surface area contributed by atoms with Crippen LogP contribution < -0.4 is 14.6 Å². The van der Waals surface area contributed by atoms with Gasteiger partial charge in [0.05, 0.1) is 15.6 Å². The van der Waals surface area contributed by atoms with Gasteiger partial charge in [0.15, 0.2) is 25.5 Å². The molecule has 0 aliphatic heterocycles. The van der Waals surface area contributed by atoms with Crippen LogP contribution in [0.15, 0.2) is 71.9 Å². The highest BCUT2D eigenvalue weighted by Crippen LogP contribution is 2.27. The molecular weight excluding hydrogens is 454 g/mol. The Bertz CT molecular complexity index is 1150. The summed E-state index contributed by atoms with van der Waals surface area (Å²) in [5.74, 6) is -0.00418. The summed E-state index contributed by atoms with van der Waals surface area (Å²) in [5, 5.41) is 3.49. The van der Waals surface area contributed by atoms with Gasteiger partial charge in [-0.15, -0.1) is 3.89 Å². The largest absolute Gasteiger partial charge is 0.482 e. The number of carbonyl (C=O) groups is 1. The van der Waals surface area contributed by atoms with Crippen LogP contribution in [0.2, 0.25) is 10.0 Å². The van der Waals surface area contributed by atoms with E-state index in [1.165, 1.54) is 30.3 Å². The van der Waals surface area contributed by atoms with E-state index in [-0.39, 0.29) is 17.4 Å². The van der Waals surface area contributed by atoms with Crippen molar-refractivity contribution in [1.29, 1.82) is 0 Å². The molecule has 156 valence electrons. The zero-order chi connectivity index (χ0) is 21.7. The molecule has 3 aromatic rings. The number of pyridine rings is 1. The number of benzene rings is 2. The summed E-state index contributed by atoms with van der Waals surface area (Å²) in [4.78, 5) is 11.7. The number of carbonyl (C=O) groups excluding carboxylic acids is 1. The zero-order valence-electron chi connectivity index (χ0n) is 15.4. The third-order valence-corrected chi connectivity index (χ3v) is 5.36. The van der Waals surface area contributed by atoms with Crippen molar-refractivity contribution < 1.29 is 26.4 Å². The summed E-state index contributed by atoms with van der Waals surface area (Å²) >= 11 is 11.8. The van der Waals surface area contributed by atoms with Gasteiger partial charge >= 0.3 is 10.2 Å². The Balaban J connectivity index is 1.54. The number of amides is 1. The lowest BCUT2D eigenvalue weighted by atomic mass is 10.2. The minimum absolute atomic E-state index is 0.222. The molecule has 0 aliphatic rings. The topological polar surface area (TPSA) is 76.3 Å². The molecule has 10 heteroatoms.